The summed E-state index contributed by atoms with van der Waals surface area (Å²) in [5.41, 5.74) is 8.69. The molecule has 2 fully saturated rings. The number of phenols is 1. The fourth-order valence-electron chi connectivity index (χ4n) is 6.52. The number of pyridine rings is 1. The van der Waals surface area contributed by atoms with Crippen LogP contribution in [0.3, 0.4) is 0 Å². The van der Waals surface area contributed by atoms with Crippen LogP contribution in [-0.4, -0.2) is 52.0 Å². The van der Waals surface area contributed by atoms with E-state index in [9.17, 15) is 19.5 Å². The van der Waals surface area contributed by atoms with Crippen LogP contribution in [0, 0.1) is 18.8 Å². The molecule has 1 aliphatic heterocycles. The molecule has 1 aromatic heterocycles. The summed E-state index contributed by atoms with van der Waals surface area (Å²) in [5, 5.41) is 12.9. The van der Waals surface area contributed by atoms with Gasteiger partial charge in [0.1, 0.15) is 17.4 Å². The van der Waals surface area contributed by atoms with Gasteiger partial charge in [-0.25, -0.2) is 0 Å². The van der Waals surface area contributed by atoms with Crippen molar-refractivity contribution in [2.45, 2.75) is 84.2 Å². The minimum absolute atomic E-state index is 0.00110. The quantitative estimate of drug-likeness (QED) is 0.463. The number of rotatable bonds is 6. The summed E-state index contributed by atoms with van der Waals surface area (Å²) in [6, 6.07) is 6.75. The van der Waals surface area contributed by atoms with Crippen LogP contribution >= 0.6 is 0 Å². The molecule has 206 valence electrons. The summed E-state index contributed by atoms with van der Waals surface area (Å²) in [5.74, 6) is 0.0436. The normalized spacial score (nSPS) is 25.3. The molecule has 3 aliphatic rings. The van der Waals surface area contributed by atoms with Crippen molar-refractivity contribution in [3.05, 3.63) is 62.6 Å². The van der Waals surface area contributed by atoms with Crippen molar-refractivity contribution in [2.24, 2.45) is 17.6 Å². The third-order valence-electron chi connectivity index (χ3n) is 8.83. The van der Waals surface area contributed by atoms with E-state index in [1.807, 2.05) is 26.0 Å². The predicted molar refractivity (Wildman–Crippen MR) is 148 cm³/mol. The molecule has 1 aromatic carbocycles. The zero-order valence-electron chi connectivity index (χ0n) is 23.3. The predicted octanol–water partition coefficient (Wildman–Crippen LogP) is 3.18. The summed E-state index contributed by atoms with van der Waals surface area (Å²) in [7, 11) is 0. The van der Waals surface area contributed by atoms with E-state index >= 15 is 0 Å². The van der Waals surface area contributed by atoms with Crippen molar-refractivity contribution in [3.63, 3.8) is 0 Å². The van der Waals surface area contributed by atoms with Gasteiger partial charge in [-0.15, -0.1) is 0 Å². The van der Waals surface area contributed by atoms with Crippen LogP contribution in [0.2, 0.25) is 0 Å². The maximum Gasteiger partial charge on any atom is 0.261 e. The summed E-state index contributed by atoms with van der Waals surface area (Å²) in [6.07, 6.45) is 4.91. The third kappa shape index (κ3) is 5.23. The minimum atomic E-state index is -0.872. The number of carbonyl (C=O) groups is 2. The Hall–Kier alpha value is -3.13. The Morgan fingerprint density at radius 3 is 2.63 bits per heavy atom. The van der Waals surface area contributed by atoms with Gasteiger partial charge < -0.3 is 26.0 Å². The second-order valence-corrected chi connectivity index (χ2v) is 11.2. The number of fused-ring (bicyclic) bond motifs is 2. The number of amides is 2. The molecule has 2 amide bonds. The fourth-order valence-corrected chi connectivity index (χ4v) is 6.52. The monoisotopic (exact) mass is 522 g/mol. The maximum absolute atomic E-state index is 13.0. The second kappa shape index (κ2) is 10.9. The molecule has 8 heteroatoms. The van der Waals surface area contributed by atoms with Gasteiger partial charge >= 0.3 is 0 Å². The first kappa shape index (κ1) is 27.9. The van der Waals surface area contributed by atoms with E-state index in [0.717, 1.165) is 54.2 Å². The van der Waals surface area contributed by atoms with E-state index in [4.69, 9.17) is 5.73 Å². The molecule has 8 nitrogen and oxygen atoms in total. The van der Waals surface area contributed by atoms with Gasteiger partial charge in [0.15, 0.2) is 0 Å². The molecular formula is C30H42N4O4. The van der Waals surface area contributed by atoms with E-state index in [0.29, 0.717) is 12.5 Å². The number of benzene rings is 1. The van der Waals surface area contributed by atoms with Gasteiger partial charge in [0.2, 0.25) is 5.91 Å². The van der Waals surface area contributed by atoms with Crippen LogP contribution in [-0.2, 0) is 23.1 Å². The van der Waals surface area contributed by atoms with Crippen molar-refractivity contribution in [2.75, 3.05) is 13.1 Å². The number of piperidine rings is 1. The maximum atomic E-state index is 13.0. The van der Waals surface area contributed by atoms with Gasteiger partial charge in [-0.05, 0) is 106 Å². The lowest BCUT2D eigenvalue weighted by molar-refractivity contribution is -0.119. The van der Waals surface area contributed by atoms with Crippen LogP contribution in [0.5, 0.6) is 5.75 Å². The van der Waals surface area contributed by atoms with Gasteiger partial charge in [-0.1, -0.05) is 19.9 Å². The number of aromatic amines is 1. The number of nitrogens with zero attached hydrogens (tertiary/aromatic N) is 1. The molecule has 4 atom stereocenters. The summed E-state index contributed by atoms with van der Waals surface area (Å²) in [6.45, 7) is 12.0. The van der Waals surface area contributed by atoms with Crippen LogP contribution in [0.25, 0.3) is 0 Å². The number of aryl methyl sites for hydroxylation is 1. The minimum Gasteiger partial charge on any atom is -0.508 e. The molecule has 0 bridgehead atoms. The van der Waals surface area contributed by atoms with E-state index < -0.39 is 23.4 Å². The van der Waals surface area contributed by atoms with Crippen LogP contribution < -0.4 is 16.6 Å². The number of nitrogens with two attached hydrogens (primary N) is 1. The van der Waals surface area contributed by atoms with Crippen molar-refractivity contribution in [1.82, 2.24) is 15.2 Å². The van der Waals surface area contributed by atoms with Crippen LogP contribution in [0.1, 0.15) is 79.7 Å². The Balaban J connectivity index is 0.00000164. The van der Waals surface area contributed by atoms with E-state index in [1.54, 1.807) is 12.1 Å². The molecule has 1 saturated carbocycles. The lowest BCUT2D eigenvalue weighted by atomic mass is 9.55. The SMILES string of the molecule is CC.Cc1ccc(O)cc1C12CCN(CC3CC3)C(C)C1Cc1cc(C(=O)NC(C)C(N)=O)c(=O)[nH]c1C2. The molecule has 0 radical (unpaired) electrons. The van der Waals surface area contributed by atoms with Gasteiger partial charge in [0.05, 0.1) is 0 Å². The third-order valence-corrected chi connectivity index (χ3v) is 8.83. The van der Waals surface area contributed by atoms with Gasteiger partial charge in [-0.2, -0.15) is 0 Å². The number of aromatic hydroxyl groups is 1. The molecule has 1 saturated heterocycles. The highest BCUT2D eigenvalue weighted by Gasteiger charge is 2.51. The molecule has 2 heterocycles. The number of nitrogens with one attached hydrogen (secondary N) is 2. The van der Waals surface area contributed by atoms with Crippen LogP contribution in [0.4, 0.5) is 0 Å². The number of phenolic OH excluding ortho intramolecular Hbond substituents is 1. The Labute approximate surface area is 225 Å². The first-order valence-corrected chi connectivity index (χ1v) is 14.0. The number of likely N-dealkylation sites (tertiary alicyclic amines) is 1. The summed E-state index contributed by atoms with van der Waals surface area (Å²) in [4.78, 5) is 42.8. The van der Waals surface area contributed by atoms with Crippen molar-refractivity contribution >= 4 is 11.8 Å². The standard InChI is InChI=1S/C28H36N4O4.C2H6/c1-15-4-7-20(33)12-22(15)28-8-9-32(14-18-5-6-18)17(3)23(28)11-19-10-21(27(36)31-24(19)13-28)26(35)30-16(2)25(29)34;1-2/h4,7,10,12,16-18,23,33H,5-6,8-9,11,13-14H2,1-3H3,(H2,29,34)(H,30,35)(H,31,36);1-2H3. The van der Waals surface area contributed by atoms with Gasteiger partial charge in [0, 0.05) is 23.7 Å². The van der Waals surface area contributed by atoms with Crippen molar-refractivity contribution in [1.29, 1.82) is 0 Å². The average Bonchev–Trinajstić information content (AvgIpc) is 3.71. The van der Waals surface area contributed by atoms with Crippen molar-refractivity contribution in [3.8, 4) is 5.75 Å². The molecule has 5 rings (SSSR count). The molecular weight excluding hydrogens is 480 g/mol. The summed E-state index contributed by atoms with van der Waals surface area (Å²) >= 11 is 0. The number of H-pyrrole nitrogens is 1. The summed E-state index contributed by atoms with van der Waals surface area (Å²) < 4.78 is 0. The Morgan fingerprint density at radius 2 is 1.97 bits per heavy atom. The number of carbonyl (C=O) groups excluding carboxylic acids is 2. The highest BCUT2D eigenvalue weighted by Crippen LogP contribution is 2.51. The fraction of sp³-hybridized carbons (Fsp3) is 0.567. The molecule has 4 unspecified atom stereocenters. The van der Waals surface area contributed by atoms with Crippen LogP contribution in [0.15, 0.2) is 29.1 Å². The van der Waals surface area contributed by atoms with Gasteiger partial charge in [-0.3, -0.25) is 14.4 Å². The number of hydrogen-bond acceptors (Lipinski definition) is 5. The number of aromatic nitrogens is 1. The topological polar surface area (TPSA) is 129 Å². The Morgan fingerprint density at radius 1 is 1.26 bits per heavy atom. The first-order chi connectivity index (χ1) is 18.1. The Bertz CT molecular complexity index is 1270. The number of hydrogen-bond donors (Lipinski definition) is 4. The lowest BCUT2D eigenvalue weighted by Crippen LogP contribution is -2.59. The smallest absolute Gasteiger partial charge is 0.261 e. The molecule has 5 N–H and O–H groups in total. The van der Waals surface area contributed by atoms with Crippen molar-refractivity contribution < 1.29 is 14.7 Å². The molecule has 2 aliphatic carbocycles. The largest absolute Gasteiger partial charge is 0.508 e. The zero-order valence-corrected chi connectivity index (χ0v) is 23.3. The average molecular weight is 523 g/mol. The molecule has 0 spiro atoms. The highest BCUT2D eigenvalue weighted by molar-refractivity contribution is 5.97. The second-order valence-electron chi connectivity index (χ2n) is 11.2. The zero-order chi connectivity index (χ0) is 27.8. The van der Waals surface area contributed by atoms with Gasteiger partial charge in [0.25, 0.3) is 11.5 Å². The Kier molecular flexibility index (Phi) is 8.02. The van der Waals surface area contributed by atoms with E-state index in [-0.39, 0.29) is 22.6 Å². The number of primary amides is 1. The van der Waals surface area contributed by atoms with E-state index in [1.165, 1.54) is 19.8 Å². The lowest BCUT2D eigenvalue weighted by Gasteiger charge is -2.55. The van der Waals surface area contributed by atoms with E-state index in [2.05, 4.69) is 29.0 Å². The first-order valence-electron chi connectivity index (χ1n) is 14.0. The highest BCUT2D eigenvalue weighted by atomic mass is 16.3. The molecule has 2 aromatic rings. The molecule has 38 heavy (non-hydrogen) atoms.